The van der Waals surface area contributed by atoms with E-state index in [1.54, 1.807) is 11.7 Å². The van der Waals surface area contributed by atoms with E-state index < -0.39 is 0 Å². The Morgan fingerprint density at radius 1 is 0.897 bits per heavy atom. The quantitative estimate of drug-likeness (QED) is 0.360. The smallest absolute Gasteiger partial charge is 0.261 e. The number of hydrogen-bond donors (Lipinski definition) is 0. The van der Waals surface area contributed by atoms with Crippen LogP contribution in [0.5, 0.6) is 5.75 Å². The molecule has 1 fully saturated rings. The maximum Gasteiger partial charge on any atom is 0.261 e. The molecular weight excluding hydrogens is 490 g/mol. The van der Waals surface area contributed by atoms with Crippen molar-refractivity contribution in [1.82, 2.24) is 19.0 Å². The second kappa shape index (κ2) is 9.31. The van der Waals surface area contributed by atoms with Crippen molar-refractivity contribution in [2.45, 2.75) is 19.5 Å². The third-order valence-electron chi connectivity index (χ3n) is 8.08. The van der Waals surface area contributed by atoms with Crippen LogP contribution >= 0.6 is 0 Å². The van der Waals surface area contributed by atoms with E-state index in [2.05, 4.69) is 27.7 Å². The minimum atomic E-state index is -0.0296. The highest BCUT2D eigenvalue weighted by Crippen LogP contribution is 2.36. The van der Waals surface area contributed by atoms with E-state index in [-0.39, 0.29) is 18.0 Å². The average Bonchev–Trinajstić information content (AvgIpc) is 3.31. The van der Waals surface area contributed by atoms with Crippen molar-refractivity contribution in [3.8, 4) is 17.3 Å². The van der Waals surface area contributed by atoms with Crippen molar-refractivity contribution < 1.29 is 9.53 Å². The summed E-state index contributed by atoms with van der Waals surface area (Å²) in [4.78, 5) is 36.3. The molecule has 0 N–H and O–H groups in total. The van der Waals surface area contributed by atoms with Gasteiger partial charge in [0.15, 0.2) is 5.82 Å². The van der Waals surface area contributed by atoms with Gasteiger partial charge in [0.25, 0.3) is 5.56 Å². The number of benzene rings is 3. The fourth-order valence-electron chi connectivity index (χ4n) is 6.08. The molecule has 1 amide bonds. The van der Waals surface area contributed by atoms with Crippen LogP contribution in [0.2, 0.25) is 0 Å². The zero-order valence-electron chi connectivity index (χ0n) is 21.8. The predicted molar refractivity (Wildman–Crippen MR) is 152 cm³/mol. The van der Waals surface area contributed by atoms with Crippen LogP contribution < -0.4 is 15.2 Å². The van der Waals surface area contributed by atoms with Gasteiger partial charge in [0.1, 0.15) is 12.3 Å². The van der Waals surface area contributed by atoms with Gasteiger partial charge in [0.05, 0.1) is 23.7 Å². The Labute approximate surface area is 225 Å². The summed E-state index contributed by atoms with van der Waals surface area (Å²) in [5.41, 5.74) is 4.79. The topological polar surface area (TPSA) is 72.6 Å². The molecule has 39 heavy (non-hydrogen) atoms. The van der Waals surface area contributed by atoms with Crippen LogP contribution in [0, 0.1) is 0 Å². The number of piperazine rings is 1. The van der Waals surface area contributed by atoms with Crippen molar-refractivity contribution in [1.29, 1.82) is 0 Å². The summed E-state index contributed by atoms with van der Waals surface area (Å²) in [6.07, 6.45) is 0.725. The molecule has 0 radical (unpaired) electrons. The van der Waals surface area contributed by atoms with Crippen molar-refractivity contribution in [3.63, 3.8) is 0 Å². The summed E-state index contributed by atoms with van der Waals surface area (Å²) >= 11 is 0. The summed E-state index contributed by atoms with van der Waals surface area (Å²) < 4.78 is 9.23. The molecule has 2 aliphatic heterocycles. The van der Waals surface area contributed by atoms with Crippen LogP contribution in [0.1, 0.15) is 5.56 Å². The highest BCUT2D eigenvalue weighted by atomic mass is 16.5. The number of carbonyl (C=O) groups is 1. The van der Waals surface area contributed by atoms with Gasteiger partial charge in [0, 0.05) is 55.4 Å². The molecule has 196 valence electrons. The number of para-hydroxylation sites is 2. The first-order valence-electron chi connectivity index (χ1n) is 13.4. The molecule has 3 aromatic carbocycles. The molecular formula is C31H29N5O3. The third-order valence-corrected chi connectivity index (χ3v) is 8.08. The molecule has 5 aromatic rings. The number of methoxy groups -OCH3 is 1. The van der Waals surface area contributed by atoms with Gasteiger partial charge in [-0.2, -0.15) is 0 Å². The van der Waals surface area contributed by atoms with Gasteiger partial charge in [-0.05, 0) is 42.3 Å². The minimum absolute atomic E-state index is 0.0296. The third kappa shape index (κ3) is 3.86. The number of carbonyl (C=O) groups excluding carboxylic acids is 1. The van der Waals surface area contributed by atoms with E-state index >= 15 is 0 Å². The summed E-state index contributed by atoms with van der Waals surface area (Å²) in [5.74, 6) is 1.55. The maximum atomic E-state index is 13.7. The highest BCUT2D eigenvalue weighted by Gasteiger charge is 2.29. The standard InChI is InChI=1S/C31H29N5O3/c1-39-22-8-6-7-21(19-22)33-15-17-34(18-16-33)28(37)20-36-27-12-5-3-9-23(27)24-13-14-35-30(29(24)36)32-26-11-4-2-10-25(26)31(35)38/h2-12,19H,13-18,20H2,1H3. The lowest BCUT2D eigenvalue weighted by atomic mass is 10.0. The first-order valence-corrected chi connectivity index (χ1v) is 13.4. The van der Waals surface area contributed by atoms with E-state index in [1.165, 1.54) is 0 Å². The number of rotatable bonds is 4. The molecule has 2 aromatic heterocycles. The number of hydrogen-bond acceptors (Lipinski definition) is 5. The number of aromatic nitrogens is 3. The van der Waals surface area contributed by atoms with Gasteiger partial charge in [-0.15, -0.1) is 0 Å². The summed E-state index contributed by atoms with van der Waals surface area (Å²) in [7, 11) is 1.67. The van der Waals surface area contributed by atoms with E-state index in [0.29, 0.717) is 36.4 Å². The van der Waals surface area contributed by atoms with Gasteiger partial charge in [0.2, 0.25) is 5.91 Å². The van der Waals surface area contributed by atoms with Crippen LogP contribution in [-0.2, 0) is 24.3 Å². The molecule has 8 heteroatoms. The molecule has 0 spiro atoms. The van der Waals surface area contributed by atoms with Gasteiger partial charge >= 0.3 is 0 Å². The predicted octanol–water partition coefficient (Wildman–Crippen LogP) is 3.93. The first-order chi connectivity index (χ1) is 19.1. The van der Waals surface area contributed by atoms with E-state index in [1.807, 2.05) is 59.5 Å². The van der Waals surface area contributed by atoms with Gasteiger partial charge in [-0.25, -0.2) is 4.98 Å². The second-order valence-corrected chi connectivity index (χ2v) is 10.2. The van der Waals surface area contributed by atoms with E-state index in [0.717, 1.165) is 53.1 Å². The number of fused-ring (bicyclic) bond motifs is 6. The molecule has 1 saturated heterocycles. The normalized spacial score (nSPS) is 14.9. The molecule has 4 heterocycles. The Kier molecular flexibility index (Phi) is 5.61. The highest BCUT2D eigenvalue weighted by molar-refractivity contribution is 5.94. The lowest BCUT2D eigenvalue weighted by Gasteiger charge is -2.36. The zero-order chi connectivity index (χ0) is 26.5. The van der Waals surface area contributed by atoms with Crippen molar-refractivity contribution in [3.05, 3.63) is 88.7 Å². The molecule has 0 unspecified atom stereocenters. The SMILES string of the molecule is COc1cccc(N2CCN(C(=O)Cn3c4c(c5ccccc53)CCn3c-4nc4ccccc4c3=O)CC2)c1. The second-order valence-electron chi connectivity index (χ2n) is 10.2. The van der Waals surface area contributed by atoms with Crippen LogP contribution in [-0.4, -0.2) is 58.2 Å². The van der Waals surface area contributed by atoms with Crippen molar-refractivity contribution >= 4 is 33.4 Å². The van der Waals surface area contributed by atoms with Crippen LogP contribution in [0.25, 0.3) is 33.3 Å². The fourth-order valence-corrected chi connectivity index (χ4v) is 6.08. The monoisotopic (exact) mass is 519 g/mol. The Balaban J connectivity index is 1.22. The molecule has 2 aliphatic rings. The Morgan fingerprint density at radius 2 is 1.67 bits per heavy atom. The molecule has 7 rings (SSSR count). The number of ether oxygens (including phenoxy) is 1. The average molecular weight is 520 g/mol. The van der Waals surface area contributed by atoms with E-state index in [9.17, 15) is 9.59 Å². The Morgan fingerprint density at radius 3 is 2.49 bits per heavy atom. The first kappa shape index (κ1) is 23.5. The minimum Gasteiger partial charge on any atom is -0.497 e. The Hall–Kier alpha value is -4.59. The summed E-state index contributed by atoms with van der Waals surface area (Å²) in [5, 5.41) is 1.74. The largest absolute Gasteiger partial charge is 0.497 e. The molecule has 0 bridgehead atoms. The number of anilines is 1. The lowest BCUT2D eigenvalue weighted by Crippen LogP contribution is -2.49. The number of aryl methyl sites for hydroxylation is 1. The van der Waals surface area contributed by atoms with Crippen molar-refractivity contribution in [2.24, 2.45) is 0 Å². The maximum absolute atomic E-state index is 13.7. The molecule has 0 atom stereocenters. The lowest BCUT2D eigenvalue weighted by molar-refractivity contribution is -0.132. The van der Waals surface area contributed by atoms with Crippen LogP contribution in [0.15, 0.2) is 77.6 Å². The summed E-state index contributed by atoms with van der Waals surface area (Å²) in [6.45, 7) is 3.60. The van der Waals surface area contributed by atoms with Gasteiger partial charge in [-0.3, -0.25) is 14.2 Å². The summed E-state index contributed by atoms with van der Waals surface area (Å²) in [6, 6.07) is 23.7. The fraction of sp³-hybridized carbons (Fsp3) is 0.258. The van der Waals surface area contributed by atoms with Gasteiger partial charge in [-0.1, -0.05) is 36.4 Å². The van der Waals surface area contributed by atoms with Gasteiger partial charge < -0.3 is 19.1 Å². The molecule has 8 nitrogen and oxygen atoms in total. The van der Waals surface area contributed by atoms with Crippen molar-refractivity contribution in [2.75, 3.05) is 38.2 Å². The van der Waals surface area contributed by atoms with Crippen LogP contribution in [0.4, 0.5) is 5.69 Å². The van der Waals surface area contributed by atoms with E-state index in [4.69, 9.17) is 9.72 Å². The zero-order valence-corrected chi connectivity index (χ0v) is 21.8. The van der Waals surface area contributed by atoms with Crippen LogP contribution in [0.3, 0.4) is 0 Å². The Bertz CT molecular complexity index is 1800. The molecule has 0 saturated carbocycles. The number of amides is 1. The number of nitrogens with zero attached hydrogens (tertiary/aromatic N) is 5. The molecule has 0 aliphatic carbocycles.